The van der Waals surface area contributed by atoms with E-state index >= 15 is 0 Å². The molecule has 9 nitrogen and oxygen atoms in total. The van der Waals surface area contributed by atoms with Crippen molar-refractivity contribution in [3.8, 4) is 0 Å². The number of likely N-dealkylation sites (tertiary alicyclic amines) is 1. The lowest BCUT2D eigenvalue weighted by Crippen LogP contribution is -2.49. The highest BCUT2D eigenvalue weighted by atomic mass is 28.4. The minimum Gasteiger partial charge on any atom is -0.465 e. The van der Waals surface area contributed by atoms with Crippen LogP contribution in [0.1, 0.15) is 69.6 Å². The number of nitrogens with zero attached hydrogens (tertiary/aromatic N) is 4. The van der Waals surface area contributed by atoms with Crippen molar-refractivity contribution in [2.45, 2.75) is 89.3 Å². The van der Waals surface area contributed by atoms with Crippen LogP contribution in [-0.4, -0.2) is 56.0 Å². The molecule has 222 valence electrons. The Balaban J connectivity index is 1.41. The SMILES string of the molecule is C[C@@H](c1nc2ccc(C[C@@H]3CC[C@H]([C@H](O[Si](C)(C)C(C)(C)C)c4ccccc4)N3C(=O)O)cc2[nH]1)n1cccnc1=O. The van der Waals surface area contributed by atoms with Crippen LogP contribution in [-0.2, 0) is 10.8 Å². The molecule has 1 saturated heterocycles. The third kappa shape index (κ3) is 5.91. The van der Waals surface area contributed by atoms with Crippen molar-refractivity contribution in [1.29, 1.82) is 0 Å². The molecule has 4 aromatic rings. The second-order valence-corrected chi connectivity index (χ2v) is 17.6. The molecular weight excluding hydrogens is 546 g/mol. The van der Waals surface area contributed by atoms with E-state index in [9.17, 15) is 14.7 Å². The van der Waals surface area contributed by atoms with Crippen LogP contribution in [0.15, 0.2) is 71.8 Å². The number of carbonyl (C=O) groups is 1. The van der Waals surface area contributed by atoms with Gasteiger partial charge in [-0.25, -0.2) is 19.6 Å². The number of rotatable bonds is 8. The second-order valence-electron chi connectivity index (χ2n) is 12.9. The summed E-state index contributed by atoms with van der Waals surface area (Å²) >= 11 is 0. The van der Waals surface area contributed by atoms with Crippen LogP contribution in [0.4, 0.5) is 4.79 Å². The lowest BCUT2D eigenvalue weighted by Gasteiger charge is -2.42. The molecule has 0 bridgehead atoms. The molecule has 1 aliphatic rings. The lowest BCUT2D eigenvalue weighted by atomic mass is 10.0. The van der Waals surface area contributed by atoms with Crippen LogP contribution in [0, 0.1) is 0 Å². The average molecular weight is 588 g/mol. The molecule has 42 heavy (non-hydrogen) atoms. The van der Waals surface area contributed by atoms with Crippen molar-refractivity contribution in [3.05, 3.63) is 94.4 Å². The molecule has 0 aliphatic carbocycles. The standard InChI is InChI=1S/C32H41N5O4Si/c1-21(36-18-10-17-33-30(36)38)29-34-25-15-13-22(20-26(25)35-29)19-24-14-16-27(37(24)31(39)40)28(23-11-8-7-9-12-23)41-42(5,6)32(2,3)4/h7-13,15,17-18,20-21,24,27-28H,14,16,19H2,1-6H3,(H,34,35)(H,39,40)/t21-,24-,27+,28+/m0/s1. The molecule has 3 heterocycles. The van der Waals surface area contributed by atoms with Crippen LogP contribution in [0.3, 0.4) is 0 Å². The molecule has 1 amide bonds. The number of fused-ring (bicyclic) bond motifs is 1. The minimum absolute atomic E-state index is 0.00723. The Bertz CT molecular complexity index is 1610. The highest BCUT2D eigenvalue weighted by molar-refractivity contribution is 6.74. The van der Waals surface area contributed by atoms with E-state index in [1.807, 2.05) is 43.3 Å². The van der Waals surface area contributed by atoms with Crippen LogP contribution in [0.25, 0.3) is 11.0 Å². The summed E-state index contributed by atoms with van der Waals surface area (Å²) in [5.74, 6) is 0.666. The van der Waals surface area contributed by atoms with E-state index in [0.717, 1.165) is 35.0 Å². The molecule has 1 aliphatic heterocycles. The Morgan fingerprint density at radius 1 is 1.14 bits per heavy atom. The van der Waals surface area contributed by atoms with Crippen molar-refractivity contribution in [1.82, 2.24) is 24.4 Å². The Morgan fingerprint density at radius 3 is 2.55 bits per heavy atom. The van der Waals surface area contributed by atoms with Crippen molar-refractivity contribution in [2.75, 3.05) is 0 Å². The van der Waals surface area contributed by atoms with Crippen molar-refractivity contribution in [2.24, 2.45) is 0 Å². The first-order chi connectivity index (χ1) is 19.9. The number of hydrogen-bond donors (Lipinski definition) is 2. The maximum Gasteiger partial charge on any atom is 0.407 e. The van der Waals surface area contributed by atoms with Gasteiger partial charge in [-0.2, -0.15) is 0 Å². The molecular formula is C32H41N5O4Si. The first-order valence-electron chi connectivity index (χ1n) is 14.6. The summed E-state index contributed by atoms with van der Waals surface area (Å²) in [5, 5.41) is 10.5. The average Bonchev–Trinajstić information content (AvgIpc) is 3.56. The van der Waals surface area contributed by atoms with E-state index in [4.69, 9.17) is 9.41 Å². The number of aromatic amines is 1. The normalized spacial score (nSPS) is 19.2. The summed E-state index contributed by atoms with van der Waals surface area (Å²) in [6, 6.07) is 17.0. The largest absolute Gasteiger partial charge is 0.465 e. The molecule has 0 radical (unpaired) electrons. The molecule has 1 fully saturated rings. The fourth-order valence-electron chi connectivity index (χ4n) is 5.68. The second kappa shape index (κ2) is 11.5. The fourth-order valence-corrected chi connectivity index (χ4v) is 6.96. The number of imidazole rings is 1. The van der Waals surface area contributed by atoms with Gasteiger partial charge in [0.2, 0.25) is 0 Å². The number of hydrogen-bond acceptors (Lipinski definition) is 5. The van der Waals surface area contributed by atoms with Gasteiger partial charge in [-0.05, 0) is 73.6 Å². The van der Waals surface area contributed by atoms with Gasteiger partial charge < -0.3 is 14.5 Å². The molecule has 0 spiro atoms. The van der Waals surface area contributed by atoms with E-state index in [1.54, 1.807) is 17.2 Å². The zero-order valence-electron chi connectivity index (χ0n) is 25.2. The van der Waals surface area contributed by atoms with Crippen LogP contribution in [0.2, 0.25) is 18.1 Å². The zero-order valence-corrected chi connectivity index (χ0v) is 26.2. The van der Waals surface area contributed by atoms with E-state index < -0.39 is 14.4 Å². The maximum absolute atomic E-state index is 12.8. The Morgan fingerprint density at radius 2 is 1.88 bits per heavy atom. The van der Waals surface area contributed by atoms with E-state index in [-0.39, 0.29) is 35.0 Å². The molecule has 10 heteroatoms. The van der Waals surface area contributed by atoms with E-state index in [2.05, 4.69) is 56.0 Å². The van der Waals surface area contributed by atoms with Gasteiger partial charge in [-0.15, -0.1) is 0 Å². The highest BCUT2D eigenvalue weighted by Gasteiger charge is 2.46. The molecule has 5 rings (SSSR count). The number of carboxylic acid groups (broad SMARTS) is 1. The van der Waals surface area contributed by atoms with Gasteiger partial charge in [0.25, 0.3) is 0 Å². The molecule has 2 aromatic carbocycles. The molecule has 0 saturated carbocycles. The van der Waals surface area contributed by atoms with Crippen LogP contribution in [0.5, 0.6) is 0 Å². The minimum atomic E-state index is -2.20. The van der Waals surface area contributed by atoms with E-state index in [0.29, 0.717) is 12.2 Å². The van der Waals surface area contributed by atoms with Gasteiger partial charge in [0, 0.05) is 18.4 Å². The number of nitrogens with one attached hydrogen (secondary N) is 1. The Kier molecular flexibility index (Phi) is 8.13. The third-order valence-electron chi connectivity index (χ3n) is 9.06. The van der Waals surface area contributed by atoms with Crippen molar-refractivity contribution < 1.29 is 14.3 Å². The summed E-state index contributed by atoms with van der Waals surface area (Å²) < 4.78 is 8.51. The van der Waals surface area contributed by atoms with Crippen molar-refractivity contribution in [3.63, 3.8) is 0 Å². The summed E-state index contributed by atoms with van der Waals surface area (Å²) in [6.45, 7) is 13.0. The fraction of sp³-hybridized carbons (Fsp3) is 0.438. The van der Waals surface area contributed by atoms with Crippen LogP contribution < -0.4 is 5.69 Å². The van der Waals surface area contributed by atoms with Gasteiger partial charge in [0.05, 0.1) is 29.2 Å². The van der Waals surface area contributed by atoms with Gasteiger partial charge >= 0.3 is 11.8 Å². The zero-order chi connectivity index (χ0) is 30.2. The van der Waals surface area contributed by atoms with Crippen LogP contribution >= 0.6 is 0 Å². The summed E-state index contributed by atoms with van der Waals surface area (Å²) in [7, 11) is -2.20. The number of benzene rings is 2. The van der Waals surface area contributed by atoms with Gasteiger partial charge in [0.1, 0.15) is 5.82 Å². The Labute approximate surface area is 247 Å². The van der Waals surface area contributed by atoms with Gasteiger partial charge in [0.15, 0.2) is 8.32 Å². The maximum atomic E-state index is 12.8. The predicted molar refractivity (Wildman–Crippen MR) is 166 cm³/mol. The third-order valence-corrected chi connectivity index (χ3v) is 13.5. The predicted octanol–water partition coefficient (Wildman–Crippen LogP) is 6.55. The Hall–Kier alpha value is -3.76. The quantitative estimate of drug-likeness (QED) is 0.226. The first-order valence-corrected chi connectivity index (χ1v) is 17.5. The highest BCUT2D eigenvalue weighted by Crippen LogP contribution is 2.44. The lowest BCUT2D eigenvalue weighted by molar-refractivity contribution is 0.0598. The summed E-state index contributed by atoms with van der Waals surface area (Å²) in [4.78, 5) is 38.6. The number of H-pyrrole nitrogens is 1. The number of aromatic nitrogens is 4. The van der Waals surface area contributed by atoms with E-state index in [1.165, 1.54) is 10.8 Å². The summed E-state index contributed by atoms with van der Waals surface area (Å²) in [6.07, 6.45) is 4.02. The number of amides is 1. The molecule has 2 N–H and O–H groups in total. The van der Waals surface area contributed by atoms with Gasteiger partial charge in [-0.3, -0.25) is 9.47 Å². The van der Waals surface area contributed by atoms with Gasteiger partial charge in [-0.1, -0.05) is 57.2 Å². The molecule has 4 atom stereocenters. The smallest absolute Gasteiger partial charge is 0.407 e. The topological polar surface area (TPSA) is 113 Å². The van der Waals surface area contributed by atoms with Crippen molar-refractivity contribution >= 4 is 25.4 Å². The summed E-state index contributed by atoms with van der Waals surface area (Å²) in [5.41, 5.74) is 3.37. The molecule has 2 aromatic heterocycles. The first kappa shape index (κ1) is 29.7. The monoisotopic (exact) mass is 587 g/mol. The molecule has 0 unspecified atom stereocenters.